The van der Waals surface area contributed by atoms with Crippen LogP contribution in [0.4, 0.5) is 5.69 Å². The van der Waals surface area contributed by atoms with Gasteiger partial charge < -0.3 is 4.74 Å². The minimum absolute atomic E-state index is 0.660. The number of hydrogen-bond donors (Lipinski definition) is 0. The van der Waals surface area contributed by atoms with Crippen molar-refractivity contribution in [1.29, 1.82) is 0 Å². The van der Waals surface area contributed by atoms with E-state index in [0.29, 0.717) is 5.69 Å². The third-order valence-electron chi connectivity index (χ3n) is 2.99. The van der Waals surface area contributed by atoms with Gasteiger partial charge in [-0.15, -0.1) is 0 Å². The van der Waals surface area contributed by atoms with E-state index in [1.54, 1.807) is 19.2 Å². The summed E-state index contributed by atoms with van der Waals surface area (Å²) in [6, 6.07) is 5.51. The second-order valence-electron chi connectivity index (χ2n) is 4.12. The number of benzene rings is 1. The van der Waals surface area contributed by atoms with Crippen molar-refractivity contribution in [3.05, 3.63) is 39.8 Å². The number of hydrogen-bond acceptors (Lipinski definition) is 2. The van der Waals surface area contributed by atoms with Gasteiger partial charge in [-0.2, -0.15) is 0 Å². The molecule has 17 heavy (non-hydrogen) atoms. The molecule has 0 spiro atoms. The van der Waals surface area contributed by atoms with Crippen LogP contribution in [0.3, 0.4) is 0 Å². The Kier molecular flexibility index (Phi) is 3.68. The minimum Gasteiger partial charge on any atom is -0.497 e. The maximum atomic E-state index is 8.54. The van der Waals surface area contributed by atoms with Crippen molar-refractivity contribution in [2.75, 3.05) is 7.11 Å². The van der Waals surface area contributed by atoms with E-state index in [9.17, 15) is 0 Å². The lowest BCUT2D eigenvalue weighted by molar-refractivity contribution is 0.415. The molecule has 0 amide bonds. The van der Waals surface area contributed by atoms with E-state index in [1.807, 2.05) is 6.07 Å². The fraction of sp³-hybridized carbons (Fsp3) is 0.385. The predicted octanol–water partition coefficient (Wildman–Crippen LogP) is 4.59. The molecular formula is C13H15N3O. The van der Waals surface area contributed by atoms with Crippen molar-refractivity contribution in [3.63, 3.8) is 0 Å². The molecule has 1 aliphatic rings. The second kappa shape index (κ2) is 5.41. The van der Waals surface area contributed by atoms with Gasteiger partial charge in [0.15, 0.2) is 0 Å². The standard InChI is InChI=1S/C13H15N3O/c1-17-12-6-7-13(15-16-14)11(9-12)8-10-4-2-3-5-10/h6-9H,2-5H2,1H3. The zero-order valence-corrected chi connectivity index (χ0v) is 9.89. The molecule has 1 saturated carbocycles. The number of azide groups is 1. The van der Waals surface area contributed by atoms with Crippen LogP contribution in [-0.4, -0.2) is 7.11 Å². The van der Waals surface area contributed by atoms with Crippen LogP contribution < -0.4 is 4.74 Å². The van der Waals surface area contributed by atoms with E-state index in [0.717, 1.165) is 24.2 Å². The van der Waals surface area contributed by atoms with Gasteiger partial charge in [0.2, 0.25) is 0 Å². The van der Waals surface area contributed by atoms with Crippen LogP contribution in [0.15, 0.2) is 28.9 Å². The van der Waals surface area contributed by atoms with Crippen LogP contribution in [-0.2, 0) is 0 Å². The molecule has 1 aliphatic carbocycles. The molecule has 4 heteroatoms. The monoisotopic (exact) mass is 229 g/mol. The van der Waals surface area contributed by atoms with Crippen LogP contribution in [0.25, 0.3) is 16.5 Å². The zero-order chi connectivity index (χ0) is 12.1. The summed E-state index contributed by atoms with van der Waals surface area (Å²) < 4.78 is 5.19. The topological polar surface area (TPSA) is 58.0 Å². The smallest absolute Gasteiger partial charge is 0.119 e. The highest BCUT2D eigenvalue weighted by Gasteiger charge is 2.08. The number of allylic oxidation sites excluding steroid dienone is 1. The number of nitrogens with zero attached hydrogens (tertiary/aromatic N) is 3. The third-order valence-corrected chi connectivity index (χ3v) is 2.99. The average Bonchev–Trinajstić information content (AvgIpc) is 2.84. The summed E-state index contributed by atoms with van der Waals surface area (Å²) in [7, 11) is 1.63. The van der Waals surface area contributed by atoms with Crippen LogP contribution in [0, 0.1) is 0 Å². The van der Waals surface area contributed by atoms with Gasteiger partial charge in [-0.1, -0.05) is 16.8 Å². The van der Waals surface area contributed by atoms with Gasteiger partial charge in [-0.25, -0.2) is 0 Å². The zero-order valence-electron chi connectivity index (χ0n) is 9.89. The van der Waals surface area contributed by atoms with Gasteiger partial charge >= 0.3 is 0 Å². The molecule has 0 atom stereocenters. The highest BCUT2D eigenvalue weighted by molar-refractivity contribution is 5.67. The summed E-state index contributed by atoms with van der Waals surface area (Å²) in [6.45, 7) is 0. The van der Waals surface area contributed by atoms with E-state index in [-0.39, 0.29) is 0 Å². The first-order chi connectivity index (χ1) is 8.33. The fourth-order valence-electron chi connectivity index (χ4n) is 2.11. The van der Waals surface area contributed by atoms with Crippen molar-refractivity contribution in [3.8, 4) is 5.75 Å². The lowest BCUT2D eigenvalue weighted by Crippen LogP contribution is -1.84. The van der Waals surface area contributed by atoms with Crippen molar-refractivity contribution < 1.29 is 4.74 Å². The fourth-order valence-corrected chi connectivity index (χ4v) is 2.11. The van der Waals surface area contributed by atoms with Gasteiger partial charge in [0.05, 0.1) is 7.11 Å². The van der Waals surface area contributed by atoms with Gasteiger partial charge in [0.25, 0.3) is 0 Å². The van der Waals surface area contributed by atoms with Crippen molar-refractivity contribution >= 4 is 11.8 Å². The second-order valence-corrected chi connectivity index (χ2v) is 4.12. The summed E-state index contributed by atoms with van der Waals surface area (Å²) in [5, 5.41) is 3.70. The van der Waals surface area contributed by atoms with E-state index in [4.69, 9.17) is 10.3 Å². The van der Waals surface area contributed by atoms with Gasteiger partial charge in [0.1, 0.15) is 5.75 Å². The van der Waals surface area contributed by atoms with E-state index in [2.05, 4.69) is 16.1 Å². The lowest BCUT2D eigenvalue weighted by Gasteiger charge is -2.05. The first-order valence-corrected chi connectivity index (χ1v) is 5.76. The molecule has 0 unspecified atom stereocenters. The Morgan fingerprint density at radius 3 is 2.76 bits per heavy atom. The molecule has 0 N–H and O–H groups in total. The SMILES string of the molecule is COc1ccc(N=[N+]=[N-])c(C=C2CCCC2)c1. The maximum absolute atomic E-state index is 8.54. The summed E-state index contributed by atoms with van der Waals surface area (Å²) in [5.74, 6) is 0.784. The van der Waals surface area contributed by atoms with Gasteiger partial charge in [-0.3, -0.25) is 0 Å². The Labute approximate surface area is 101 Å². The number of ether oxygens (including phenoxy) is 1. The normalized spacial score (nSPS) is 14.3. The molecule has 0 radical (unpaired) electrons. The maximum Gasteiger partial charge on any atom is 0.119 e. The summed E-state index contributed by atoms with van der Waals surface area (Å²) in [5.41, 5.74) is 11.6. The minimum atomic E-state index is 0.660. The Morgan fingerprint density at radius 1 is 1.35 bits per heavy atom. The molecule has 1 aromatic carbocycles. The van der Waals surface area contributed by atoms with E-state index in [1.165, 1.54) is 18.4 Å². The molecule has 1 fully saturated rings. The molecule has 0 saturated heterocycles. The molecule has 2 rings (SSSR count). The van der Waals surface area contributed by atoms with Gasteiger partial charge in [-0.05, 0) is 55.0 Å². The molecule has 1 aromatic rings. The summed E-state index contributed by atoms with van der Waals surface area (Å²) in [4.78, 5) is 2.85. The Morgan fingerprint density at radius 2 is 2.12 bits per heavy atom. The largest absolute Gasteiger partial charge is 0.497 e. The Bertz CT molecular complexity index is 479. The third kappa shape index (κ3) is 2.80. The molecular weight excluding hydrogens is 214 g/mol. The van der Waals surface area contributed by atoms with Crippen LogP contribution >= 0.6 is 0 Å². The molecule has 88 valence electrons. The highest BCUT2D eigenvalue weighted by Crippen LogP contribution is 2.31. The van der Waals surface area contributed by atoms with E-state index < -0.39 is 0 Å². The summed E-state index contributed by atoms with van der Waals surface area (Å²) in [6.07, 6.45) is 6.93. The van der Waals surface area contributed by atoms with Crippen molar-refractivity contribution in [1.82, 2.24) is 0 Å². The van der Waals surface area contributed by atoms with Gasteiger partial charge in [0, 0.05) is 10.6 Å². The van der Waals surface area contributed by atoms with Crippen molar-refractivity contribution in [2.45, 2.75) is 25.7 Å². The van der Waals surface area contributed by atoms with Crippen LogP contribution in [0.5, 0.6) is 5.75 Å². The number of rotatable bonds is 3. The van der Waals surface area contributed by atoms with Crippen LogP contribution in [0.1, 0.15) is 31.2 Å². The molecule has 0 heterocycles. The molecule has 4 nitrogen and oxygen atoms in total. The first-order valence-electron chi connectivity index (χ1n) is 5.76. The Balaban J connectivity index is 2.40. The van der Waals surface area contributed by atoms with E-state index >= 15 is 0 Å². The average molecular weight is 229 g/mol. The van der Waals surface area contributed by atoms with Crippen molar-refractivity contribution in [2.24, 2.45) is 5.11 Å². The predicted molar refractivity (Wildman–Crippen MR) is 68.2 cm³/mol. The highest BCUT2D eigenvalue weighted by atomic mass is 16.5. The number of methoxy groups -OCH3 is 1. The lowest BCUT2D eigenvalue weighted by atomic mass is 10.1. The molecule has 0 aliphatic heterocycles. The van der Waals surface area contributed by atoms with Crippen LogP contribution in [0.2, 0.25) is 0 Å². The molecule has 0 aromatic heterocycles. The first kappa shape index (κ1) is 11.6. The summed E-state index contributed by atoms with van der Waals surface area (Å²) >= 11 is 0. The quantitative estimate of drug-likeness (QED) is 0.424. The Hall–Kier alpha value is -1.93. The molecule has 0 bridgehead atoms.